The highest BCUT2D eigenvalue weighted by Gasteiger charge is 2.43. The highest BCUT2D eigenvalue weighted by Crippen LogP contribution is 2.30. The first-order valence-corrected chi connectivity index (χ1v) is 22.0. The Hall–Kier alpha value is -4.81. The molecule has 7 amide bonds. The van der Waals surface area contributed by atoms with Gasteiger partial charge < -0.3 is 50.6 Å². The molecule has 1 aromatic carbocycles. The first kappa shape index (κ1) is 54.3. The molecule has 0 aliphatic carbocycles. The van der Waals surface area contributed by atoms with Gasteiger partial charge in [0.05, 0.1) is 42.7 Å². The first-order chi connectivity index (χ1) is 29.5. The third kappa shape index (κ3) is 15.4. The van der Waals surface area contributed by atoms with Crippen molar-refractivity contribution in [2.24, 2.45) is 23.5 Å². The average molecular weight is 889 g/mol. The summed E-state index contributed by atoms with van der Waals surface area (Å²) in [5, 5.41) is 8.20. The zero-order chi connectivity index (χ0) is 47.9. The van der Waals surface area contributed by atoms with Crippen LogP contribution in [-0.4, -0.2) is 165 Å². The first-order valence-electron chi connectivity index (χ1n) is 22.0. The summed E-state index contributed by atoms with van der Waals surface area (Å²) in [6, 6.07) is 4.17. The molecule has 2 rings (SSSR count). The SMILES string of the molecule is CC[C@H](C)[C@@H]([C@@H](CC(=O)N1CCC[C@H]1[C@H](OC)[C@@H](C)C(=O)N(C)CCc1cccc(NC(=O)[C@H](C)NC(=O)[C@H](C)OC(N)=O)c1)OC)N(C)C(=O)[C@@H](NC(=O)[C@@H](C)N(C)C)C(C)C. The smallest absolute Gasteiger partial charge is 0.405 e. The molecule has 5 N–H and O–H groups in total. The number of benzene rings is 1. The van der Waals surface area contributed by atoms with Crippen LogP contribution in [0.2, 0.25) is 0 Å². The van der Waals surface area contributed by atoms with Crippen molar-refractivity contribution >= 4 is 47.2 Å². The Morgan fingerprint density at radius 2 is 1.52 bits per heavy atom. The lowest BCUT2D eigenvalue weighted by Crippen LogP contribution is -2.59. The molecule has 1 saturated heterocycles. The van der Waals surface area contributed by atoms with E-state index >= 15 is 0 Å². The van der Waals surface area contributed by atoms with Gasteiger partial charge in [-0.3, -0.25) is 33.7 Å². The van der Waals surface area contributed by atoms with Crippen LogP contribution in [-0.2, 0) is 49.4 Å². The molecule has 0 bridgehead atoms. The number of hydrogen-bond acceptors (Lipinski definition) is 11. The van der Waals surface area contributed by atoms with Crippen LogP contribution in [0, 0.1) is 17.8 Å². The summed E-state index contributed by atoms with van der Waals surface area (Å²) in [4.78, 5) is 98.2. The molecule has 0 saturated carbocycles. The molecule has 0 unspecified atom stereocenters. The number of ether oxygens (including phenoxy) is 3. The molecule has 356 valence electrons. The highest BCUT2D eigenvalue weighted by molar-refractivity contribution is 5.97. The Labute approximate surface area is 374 Å². The quantitative estimate of drug-likeness (QED) is 0.118. The van der Waals surface area contributed by atoms with Crippen molar-refractivity contribution in [1.82, 2.24) is 30.2 Å². The maximum atomic E-state index is 14.3. The zero-order valence-electron chi connectivity index (χ0n) is 40.1. The van der Waals surface area contributed by atoms with E-state index in [-0.39, 0.29) is 47.9 Å². The van der Waals surface area contributed by atoms with Crippen molar-refractivity contribution in [2.75, 3.05) is 60.8 Å². The lowest BCUT2D eigenvalue weighted by Gasteiger charge is -2.41. The third-order valence-corrected chi connectivity index (χ3v) is 12.3. The Bertz CT molecular complexity index is 1710. The summed E-state index contributed by atoms with van der Waals surface area (Å²) in [6.07, 6.45) is -0.913. The highest BCUT2D eigenvalue weighted by atomic mass is 16.6. The molecule has 0 spiro atoms. The summed E-state index contributed by atoms with van der Waals surface area (Å²) >= 11 is 0. The fourth-order valence-electron chi connectivity index (χ4n) is 7.97. The van der Waals surface area contributed by atoms with Gasteiger partial charge >= 0.3 is 6.09 Å². The summed E-state index contributed by atoms with van der Waals surface area (Å²) in [6.45, 7) is 15.1. The molecule has 1 aromatic rings. The molecule has 0 radical (unpaired) electrons. The van der Waals surface area contributed by atoms with E-state index in [4.69, 9.17) is 15.2 Å². The Kier molecular flexibility index (Phi) is 22.0. The van der Waals surface area contributed by atoms with Gasteiger partial charge in [0.1, 0.15) is 12.1 Å². The second kappa shape index (κ2) is 25.5. The predicted octanol–water partition coefficient (Wildman–Crippen LogP) is 2.63. The molecular weight excluding hydrogens is 813 g/mol. The second-order valence-corrected chi connectivity index (χ2v) is 17.5. The standard InChI is InChI=1S/C45H76N8O10/c1-15-27(4)38(52(12)44(59)37(26(2)3)49-41(56)30(7)50(9)10)35(61-13)25-36(54)53-22-17-20-34(53)39(62-14)28(5)43(58)51(11)23-21-32-18-16-19-33(24-32)48-40(55)29(6)47-42(57)31(8)63-45(46)60/h16,18-19,24,26-31,34-35,37-39H,15,17,20-23,25H2,1-14H3,(H2,46,60)(H,47,57)(H,48,55)(H,49,56)/t27-,28+,29-,30+,31-,34-,35+,37-,38-,39+/m0/s1. The maximum Gasteiger partial charge on any atom is 0.405 e. The lowest BCUT2D eigenvalue weighted by molar-refractivity contribution is -0.149. The third-order valence-electron chi connectivity index (χ3n) is 12.3. The van der Waals surface area contributed by atoms with E-state index in [1.54, 1.807) is 87.1 Å². The number of likely N-dealkylation sites (tertiary alicyclic amines) is 1. The van der Waals surface area contributed by atoms with E-state index in [1.807, 2.05) is 40.7 Å². The number of carbonyl (C=O) groups is 7. The minimum atomic E-state index is -1.17. The van der Waals surface area contributed by atoms with Crippen LogP contribution in [0.1, 0.15) is 86.6 Å². The van der Waals surface area contributed by atoms with Gasteiger partial charge in [0, 0.05) is 47.1 Å². The van der Waals surface area contributed by atoms with E-state index in [1.165, 1.54) is 13.8 Å². The number of rotatable bonds is 24. The van der Waals surface area contributed by atoms with Gasteiger partial charge in [0.25, 0.3) is 5.91 Å². The Morgan fingerprint density at radius 1 is 0.873 bits per heavy atom. The molecule has 18 heteroatoms. The van der Waals surface area contributed by atoms with Crippen LogP contribution in [0.25, 0.3) is 0 Å². The van der Waals surface area contributed by atoms with E-state index in [2.05, 4.69) is 20.7 Å². The molecule has 0 aromatic heterocycles. The molecule has 1 aliphatic rings. The molecular formula is C45H76N8O10. The fraction of sp³-hybridized carbons (Fsp3) is 0.711. The van der Waals surface area contributed by atoms with Crippen LogP contribution in [0.5, 0.6) is 0 Å². The van der Waals surface area contributed by atoms with Gasteiger partial charge in [-0.15, -0.1) is 0 Å². The number of primary amides is 1. The van der Waals surface area contributed by atoms with Crippen LogP contribution in [0.4, 0.5) is 10.5 Å². The minimum absolute atomic E-state index is 0.00679. The molecule has 1 aliphatic heterocycles. The van der Waals surface area contributed by atoms with Gasteiger partial charge in [-0.1, -0.05) is 53.2 Å². The molecule has 63 heavy (non-hydrogen) atoms. The molecule has 1 fully saturated rings. The number of carbonyl (C=O) groups excluding carboxylic acids is 7. The van der Waals surface area contributed by atoms with E-state index in [0.717, 1.165) is 18.4 Å². The van der Waals surface area contributed by atoms with Gasteiger partial charge in [-0.05, 0) is 83.7 Å². The number of likely N-dealkylation sites (N-methyl/N-ethyl adjacent to an activating group) is 3. The predicted molar refractivity (Wildman–Crippen MR) is 240 cm³/mol. The summed E-state index contributed by atoms with van der Waals surface area (Å²) < 4.78 is 16.7. The van der Waals surface area contributed by atoms with Crippen LogP contribution in [0.3, 0.4) is 0 Å². The van der Waals surface area contributed by atoms with Crippen molar-refractivity contribution in [3.63, 3.8) is 0 Å². The molecule has 1 heterocycles. The van der Waals surface area contributed by atoms with Crippen LogP contribution < -0.4 is 21.7 Å². The van der Waals surface area contributed by atoms with E-state index in [9.17, 15) is 33.6 Å². The van der Waals surface area contributed by atoms with Crippen molar-refractivity contribution in [3.05, 3.63) is 29.8 Å². The van der Waals surface area contributed by atoms with Crippen LogP contribution >= 0.6 is 0 Å². The Morgan fingerprint density at radius 3 is 2.08 bits per heavy atom. The van der Waals surface area contributed by atoms with E-state index < -0.39 is 66.3 Å². The summed E-state index contributed by atoms with van der Waals surface area (Å²) in [5.74, 6) is -2.79. The second-order valence-electron chi connectivity index (χ2n) is 17.5. The van der Waals surface area contributed by atoms with Crippen molar-refractivity contribution < 1.29 is 47.8 Å². The summed E-state index contributed by atoms with van der Waals surface area (Å²) in [5.41, 5.74) is 6.32. The number of nitrogens with zero attached hydrogens (tertiary/aromatic N) is 4. The number of amides is 7. The topological polar surface area (TPSA) is 222 Å². The number of anilines is 1. The number of methoxy groups -OCH3 is 2. The van der Waals surface area contributed by atoms with Gasteiger partial charge in [-0.25, -0.2) is 4.79 Å². The normalized spacial score (nSPS) is 18.2. The van der Waals surface area contributed by atoms with E-state index in [0.29, 0.717) is 31.6 Å². The molecule has 18 nitrogen and oxygen atoms in total. The summed E-state index contributed by atoms with van der Waals surface area (Å²) in [7, 11) is 10.1. The van der Waals surface area contributed by atoms with Crippen molar-refractivity contribution in [3.8, 4) is 0 Å². The van der Waals surface area contributed by atoms with Gasteiger partial charge in [-0.2, -0.15) is 0 Å². The largest absolute Gasteiger partial charge is 0.437 e. The van der Waals surface area contributed by atoms with Gasteiger partial charge in [0.2, 0.25) is 29.5 Å². The average Bonchev–Trinajstić information content (AvgIpc) is 3.72. The number of nitrogens with two attached hydrogens (primary N) is 1. The Balaban J connectivity index is 2.14. The zero-order valence-corrected chi connectivity index (χ0v) is 40.1. The number of hydrogen-bond donors (Lipinski definition) is 4. The maximum absolute atomic E-state index is 14.3. The van der Waals surface area contributed by atoms with Crippen LogP contribution in [0.15, 0.2) is 24.3 Å². The van der Waals surface area contributed by atoms with Crippen molar-refractivity contribution in [1.29, 1.82) is 0 Å². The minimum Gasteiger partial charge on any atom is -0.437 e. The van der Waals surface area contributed by atoms with Gasteiger partial charge in [0.15, 0.2) is 6.10 Å². The van der Waals surface area contributed by atoms with Crippen molar-refractivity contribution in [2.45, 2.75) is 136 Å². The fourth-order valence-corrected chi connectivity index (χ4v) is 7.97. The lowest BCUT2D eigenvalue weighted by atomic mass is 9.89. The molecule has 10 atom stereocenters. The monoisotopic (exact) mass is 889 g/mol. The number of nitrogens with one attached hydrogen (secondary N) is 3.